The van der Waals surface area contributed by atoms with Crippen LogP contribution < -0.4 is 0 Å². The number of oxime groups is 1. The van der Waals surface area contributed by atoms with Crippen LogP contribution in [0.5, 0.6) is 0 Å². The molecule has 132 valence electrons. The van der Waals surface area contributed by atoms with E-state index in [1.807, 2.05) is 36.4 Å². The highest BCUT2D eigenvalue weighted by atomic mass is 19.4. The lowest BCUT2D eigenvalue weighted by Gasteiger charge is -2.22. The van der Waals surface area contributed by atoms with Gasteiger partial charge < -0.3 is 5.21 Å². The number of aromatic nitrogens is 1. The van der Waals surface area contributed by atoms with Crippen molar-refractivity contribution in [3.63, 3.8) is 0 Å². The van der Waals surface area contributed by atoms with Gasteiger partial charge in [0.1, 0.15) is 0 Å². The molecule has 0 fully saturated rings. The van der Waals surface area contributed by atoms with Gasteiger partial charge in [-0.25, -0.2) is 0 Å². The largest absolute Gasteiger partial charge is 0.417 e. The van der Waals surface area contributed by atoms with E-state index in [4.69, 9.17) is 5.21 Å². The van der Waals surface area contributed by atoms with Gasteiger partial charge in [-0.15, -0.1) is 0 Å². The Bertz CT molecular complexity index is 1030. The van der Waals surface area contributed by atoms with Gasteiger partial charge in [-0.05, 0) is 42.2 Å². The maximum absolute atomic E-state index is 13.7. The highest BCUT2D eigenvalue weighted by Crippen LogP contribution is 2.38. The molecule has 0 bridgehead atoms. The Morgan fingerprint density at radius 3 is 2.46 bits per heavy atom. The van der Waals surface area contributed by atoms with Gasteiger partial charge in [0, 0.05) is 11.1 Å². The Labute approximate surface area is 147 Å². The fourth-order valence-electron chi connectivity index (χ4n) is 3.47. The number of fused-ring (bicyclic) bond motifs is 2. The molecule has 0 atom stereocenters. The van der Waals surface area contributed by atoms with Gasteiger partial charge in [0.05, 0.1) is 22.7 Å². The van der Waals surface area contributed by atoms with Crippen LogP contribution in [0.1, 0.15) is 29.7 Å². The molecule has 0 amide bonds. The molecule has 26 heavy (non-hydrogen) atoms. The van der Waals surface area contributed by atoms with Gasteiger partial charge in [-0.1, -0.05) is 41.6 Å². The molecule has 0 saturated carbocycles. The van der Waals surface area contributed by atoms with E-state index in [9.17, 15) is 13.2 Å². The smallest absolute Gasteiger partial charge is 0.411 e. The monoisotopic (exact) mass is 356 g/mol. The summed E-state index contributed by atoms with van der Waals surface area (Å²) in [7, 11) is 0. The van der Waals surface area contributed by atoms with Crippen LogP contribution >= 0.6 is 0 Å². The number of halogens is 3. The molecule has 1 aliphatic carbocycles. The van der Waals surface area contributed by atoms with Gasteiger partial charge in [-0.3, -0.25) is 4.98 Å². The highest BCUT2D eigenvalue weighted by Gasteiger charge is 2.38. The number of benzene rings is 2. The molecule has 0 aliphatic heterocycles. The number of hydrogen-bond donors (Lipinski definition) is 1. The number of nitrogens with zero attached hydrogens (tertiary/aromatic N) is 2. The van der Waals surface area contributed by atoms with Crippen molar-refractivity contribution >= 4 is 16.5 Å². The molecule has 4 rings (SSSR count). The second-order valence-corrected chi connectivity index (χ2v) is 6.34. The summed E-state index contributed by atoms with van der Waals surface area (Å²) in [6.07, 6.45) is -3.20. The fraction of sp³-hybridized carbons (Fsp3) is 0.200. The Hall–Kier alpha value is -2.89. The molecule has 3 nitrogen and oxygen atoms in total. The first-order valence-electron chi connectivity index (χ1n) is 8.29. The minimum absolute atomic E-state index is 0.0520. The standard InChI is InChI=1S/C20H15F3N2O/c21-20(22,23)15-11-18(24-16-6-3-7-17(25-26)19(15)16)14-9-8-12-4-1-2-5-13(12)10-14/h1-2,4-5,8-11,26H,3,6-7H2/b25-17+. The Balaban J connectivity index is 1.95. The number of rotatable bonds is 1. The Kier molecular flexibility index (Phi) is 3.90. The number of hydrogen-bond acceptors (Lipinski definition) is 3. The lowest BCUT2D eigenvalue weighted by Crippen LogP contribution is -2.21. The minimum Gasteiger partial charge on any atom is -0.411 e. The minimum atomic E-state index is -4.55. The quantitative estimate of drug-likeness (QED) is 0.466. The summed E-state index contributed by atoms with van der Waals surface area (Å²) >= 11 is 0. The van der Waals surface area contributed by atoms with Gasteiger partial charge in [0.25, 0.3) is 0 Å². The molecule has 1 aromatic heterocycles. The summed E-state index contributed by atoms with van der Waals surface area (Å²) in [6, 6.07) is 14.2. The van der Waals surface area contributed by atoms with E-state index >= 15 is 0 Å². The van der Waals surface area contributed by atoms with Crippen molar-refractivity contribution in [2.45, 2.75) is 25.4 Å². The van der Waals surface area contributed by atoms with Crippen molar-refractivity contribution < 1.29 is 18.4 Å². The van der Waals surface area contributed by atoms with Crippen LogP contribution in [0.25, 0.3) is 22.0 Å². The lowest BCUT2D eigenvalue weighted by molar-refractivity contribution is -0.137. The van der Waals surface area contributed by atoms with Crippen LogP contribution in [0, 0.1) is 0 Å². The molecule has 0 spiro atoms. The van der Waals surface area contributed by atoms with Crippen molar-refractivity contribution in [2.24, 2.45) is 5.16 Å². The normalized spacial score (nSPS) is 16.0. The number of pyridine rings is 1. The molecule has 1 aliphatic rings. The average molecular weight is 356 g/mol. The third-order valence-electron chi connectivity index (χ3n) is 4.68. The predicted molar refractivity (Wildman–Crippen MR) is 93.4 cm³/mol. The van der Waals surface area contributed by atoms with Crippen molar-refractivity contribution in [3.8, 4) is 11.3 Å². The fourth-order valence-corrected chi connectivity index (χ4v) is 3.47. The van der Waals surface area contributed by atoms with E-state index < -0.39 is 11.7 Å². The van der Waals surface area contributed by atoms with Crippen molar-refractivity contribution in [3.05, 3.63) is 65.4 Å². The van der Waals surface area contributed by atoms with Crippen LogP contribution in [0.4, 0.5) is 13.2 Å². The summed E-state index contributed by atoms with van der Waals surface area (Å²) in [6.45, 7) is 0. The first-order chi connectivity index (χ1) is 12.5. The second kappa shape index (κ2) is 6.12. The van der Waals surface area contributed by atoms with E-state index in [0.29, 0.717) is 30.5 Å². The van der Waals surface area contributed by atoms with Crippen LogP contribution in [0.2, 0.25) is 0 Å². The van der Waals surface area contributed by atoms with E-state index in [2.05, 4.69) is 10.1 Å². The van der Waals surface area contributed by atoms with Crippen molar-refractivity contribution in [1.82, 2.24) is 4.98 Å². The molecular formula is C20H15F3N2O. The summed E-state index contributed by atoms with van der Waals surface area (Å²) < 4.78 is 41.0. The zero-order valence-corrected chi connectivity index (χ0v) is 13.7. The third-order valence-corrected chi connectivity index (χ3v) is 4.68. The van der Waals surface area contributed by atoms with Gasteiger partial charge >= 0.3 is 6.18 Å². The Morgan fingerprint density at radius 2 is 1.73 bits per heavy atom. The third kappa shape index (κ3) is 2.81. The molecular weight excluding hydrogens is 341 g/mol. The van der Waals surface area contributed by atoms with Crippen molar-refractivity contribution in [2.75, 3.05) is 0 Å². The number of aryl methyl sites for hydroxylation is 1. The molecule has 1 heterocycles. The van der Waals surface area contributed by atoms with Crippen molar-refractivity contribution in [1.29, 1.82) is 0 Å². The van der Waals surface area contributed by atoms with E-state index in [1.54, 1.807) is 6.07 Å². The zero-order chi connectivity index (χ0) is 18.3. The molecule has 0 unspecified atom stereocenters. The zero-order valence-electron chi connectivity index (χ0n) is 13.7. The summed E-state index contributed by atoms with van der Waals surface area (Å²) in [4.78, 5) is 4.47. The molecule has 0 radical (unpaired) electrons. The van der Waals surface area contributed by atoms with Crippen LogP contribution in [-0.2, 0) is 12.6 Å². The van der Waals surface area contributed by atoms with Crippen LogP contribution in [0.15, 0.2) is 53.7 Å². The molecule has 6 heteroatoms. The lowest BCUT2D eigenvalue weighted by atomic mass is 9.89. The maximum atomic E-state index is 13.7. The molecule has 2 aromatic carbocycles. The average Bonchev–Trinajstić information content (AvgIpc) is 2.65. The Morgan fingerprint density at radius 1 is 0.962 bits per heavy atom. The predicted octanol–water partition coefficient (Wildman–Crippen LogP) is 5.44. The first-order valence-corrected chi connectivity index (χ1v) is 8.29. The van der Waals surface area contributed by atoms with E-state index in [1.165, 1.54) is 0 Å². The number of alkyl halides is 3. The molecule has 3 aromatic rings. The second-order valence-electron chi connectivity index (χ2n) is 6.34. The topological polar surface area (TPSA) is 45.5 Å². The SMILES string of the molecule is O/N=C1\CCCc2nc(-c3ccc4ccccc4c3)cc(C(F)(F)F)c21. The summed E-state index contributed by atoms with van der Waals surface area (Å²) in [5.41, 5.74) is 0.429. The van der Waals surface area contributed by atoms with Gasteiger partial charge in [0.2, 0.25) is 0 Å². The van der Waals surface area contributed by atoms with E-state index in [0.717, 1.165) is 16.8 Å². The molecule has 0 saturated heterocycles. The summed E-state index contributed by atoms with van der Waals surface area (Å²) in [5.74, 6) is 0. The first kappa shape index (κ1) is 16.6. The van der Waals surface area contributed by atoms with Gasteiger partial charge in [0.15, 0.2) is 0 Å². The van der Waals surface area contributed by atoms with Gasteiger partial charge in [-0.2, -0.15) is 13.2 Å². The van der Waals surface area contributed by atoms with Crippen LogP contribution in [0.3, 0.4) is 0 Å². The molecule has 1 N–H and O–H groups in total. The maximum Gasteiger partial charge on any atom is 0.417 e. The van der Waals surface area contributed by atoms with Crippen LogP contribution in [-0.4, -0.2) is 15.9 Å². The summed E-state index contributed by atoms with van der Waals surface area (Å²) in [5, 5.41) is 14.2. The van der Waals surface area contributed by atoms with E-state index in [-0.39, 0.29) is 17.0 Å². The highest BCUT2D eigenvalue weighted by molar-refractivity contribution is 6.03.